The van der Waals surface area contributed by atoms with Crippen LogP contribution in [0.2, 0.25) is 5.02 Å². The number of hydrogen-bond donors (Lipinski definition) is 2. The highest BCUT2D eigenvalue weighted by Crippen LogP contribution is 2.21. The molecule has 0 radical (unpaired) electrons. The van der Waals surface area contributed by atoms with Crippen molar-refractivity contribution in [3.63, 3.8) is 0 Å². The lowest BCUT2D eigenvalue weighted by Crippen LogP contribution is -2.38. The molecule has 0 fully saturated rings. The van der Waals surface area contributed by atoms with Gasteiger partial charge in [0, 0.05) is 42.8 Å². The maximum Gasteiger partial charge on any atom is 0.191 e. The van der Waals surface area contributed by atoms with Gasteiger partial charge in [0.1, 0.15) is 0 Å². The van der Waals surface area contributed by atoms with E-state index < -0.39 is 0 Å². The topological polar surface area (TPSA) is 54.9 Å². The normalized spacial score (nSPS) is 11.6. The lowest BCUT2D eigenvalue weighted by molar-refractivity contribution is 0.0702. The average molecular weight is 421 g/mol. The number of ether oxygens (including phenoxy) is 2. The smallest absolute Gasteiger partial charge is 0.191 e. The summed E-state index contributed by atoms with van der Waals surface area (Å²) < 4.78 is 11.4. The molecule has 0 aromatic heterocycles. The van der Waals surface area contributed by atoms with E-state index in [-0.39, 0.29) is 0 Å². The quantitative estimate of drug-likeness (QED) is 0.328. The maximum atomic E-state index is 6.04. The Morgan fingerprint density at radius 2 is 2.08 bits per heavy atom. The number of benzene rings is 1. The molecule has 0 aliphatic heterocycles. The summed E-state index contributed by atoms with van der Waals surface area (Å²) in [6.07, 6.45) is 1.76. The van der Waals surface area contributed by atoms with Crippen LogP contribution in [-0.2, 0) is 15.9 Å². The number of nitrogens with zero attached hydrogens (tertiary/aromatic N) is 1. The maximum absolute atomic E-state index is 6.04. The van der Waals surface area contributed by atoms with Crippen molar-refractivity contribution in [1.82, 2.24) is 10.6 Å². The van der Waals surface area contributed by atoms with E-state index in [9.17, 15) is 0 Å². The van der Waals surface area contributed by atoms with E-state index in [2.05, 4.69) is 38.5 Å². The molecule has 0 aliphatic carbocycles. The Labute approximate surface area is 158 Å². The first-order chi connectivity index (χ1) is 11.7. The number of methoxy groups -OCH3 is 1. The van der Waals surface area contributed by atoms with Crippen molar-refractivity contribution in [2.24, 2.45) is 4.99 Å². The summed E-state index contributed by atoms with van der Waals surface area (Å²) in [5, 5.41) is 7.34. The van der Waals surface area contributed by atoms with Crippen LogP contribution < -0.4 is 10.6 Å². The van der Waals surface area contributed by atoms with Gasteiger partial charge in [0.2, 0.25) is 0 Å². The molecular weight excluding hydrogens is 394 g/mol. The molecule has 2 N–H and O–H groups in total. The van der Waals surface area contributed by atoms with E-state index in [1.807, 2.05) is 18.2 Å². The standard InChI is InChI=1S/C17H27BrClN3O2/c1-3-20-17(21-8-4-10-24-12-11-23-2)22-9-7-14-13-15(19)5-6-16(14)18/h5-6,13H,3-4,7-12H2,1-2H3,(H2,20,21,22). The number of nitrogens with one attached hydrogen (secondary N) is 2. The van der Waals surface area contributed by atoms with Gasteiger partial charge in [-0.2, -0.15) is 0 Å². The number of aliphatic imine (C=N–C) groups is 1. The highest BCUT2D eigenvalue weighted by Gasteiger charge is 2.02. The molecule has 0 unspecified atom stereocenters. The summed E-state index contributed by atoms with van der Waals surface area (Å²) >= 11 is 9.59. The molecule has 1 rings (SSSR count). The van der Waals surface area contributed by atoms with Crippen molar-refractivity contribution < 1.29 is 9.47 Å². The van der Waals surface area contributed by atoms with Crippen LogP contribution in [0.25, 0.3) is 0 Å². The Kier molecular flexibility index (Phi) is 11.9. The van der Waals surface area contributed by atoms with Gasteiger partial charge in [-0.15, -0.1) is 0 Å². The predicted octanol–water partition coefficient (Wildman–Crippen LogP) is 3.25. The van der Waals surface area contributed by atoms with Gasteiger partial charge in [0.15, 0.2) is 5.96 Å². The summed E-state index contributed by atoms with van der Waals surface area (Å²) in [7, 11) is 1.67. The van der Waals surface area contributed by atoms with Gasteiger partial charge in [0.05, 0.1) is 13.2 Å². The molecule has 0 spiro atoms. The zero-order valence-corrected chi connectivity index (χ0v) is 16.8. The predicted molar refractivity (Wildman–Crippen MR) is 104 cm³/mol. The minimum absolute atomic E-state index is 0.631. The SMILES string of the molecule is CCNC(=NCCCOCCOC)NCCc1cc(Cl)ccc1Br. The number of rotatable bonds is 11. The van der Waals surface area contributed by atoms with Crippen LogP contribution in [0.4, 0.5) is 0 Å². The van der Waals surface area contributed by atoms with Crippen LogP contribution >= 0.6 is 27.5 Å². The van der Waals surface area contributed by atoms with Crippen LogP contribution in [0.3, 0.4) is 0 Å². The zero-order valence-electron chi connectivity index (χ0n) is 14.4. The van der Waals surface area contributed by atoms with E-state index >= 15 is 0 Å². The van der Waals surface area contributed by atoms with Gasteiger partial charge in [-0.25, -0.2) is 0 Å². The van der Waals surface area contributed by atoms with Gasteiger partial charge in [-0.05, 0) is 43.5 Å². The van der Waals surface area contributed by atoms with Gasteiger partial charge in [-0.3, -0.25) is 4.99 Å². The van der Waals surface area contributed by atoms with Gasteiger partial charge < -0.3 is 20.1 Å². The first-order valence-corrected chi connectivity index (χ1v) is 9.37. The number of guanidine groups is 1. The van der Waals surface area contributed by atoms with E-state index in [4.69, 9.17) is 21.1 Å². The van der Waals surface area contributed by atoms with E-state index in [0.717, 1.165) is 47.9 Å². The van der Waals surface area contributed by atoms with Gasteiger partial charge >= 0.3 is 0 Å². The lowest BCUT2D eigenvalue weighted by atomic mass is 10.1. The van der Waals surface area contributed by atoms with Crippen molar-refractivity contribution >= 4 is 33.5 Å². The second-order valence-electron chi connectivity index (χ2n) is 5.13. The summed E-state index contributed by atoms with van der Waals surface area (Å²) in [6, 6.07) is 5.83. The Morgan fingerprint density at radius 1 is 1.25 bits per heavy atom. The van der Waals surface area contributed by atoms with Crippen LogP contribution in [0.1, 0.15) is 18.9 Å². The molecule has 0 saturated carbocycles. The third-order valence-electron chi connectivity index (χ3n) is 3.19. The van der Waals surface area contributed by atoms with Crippen molar-refractivity contribution in [2.75, 3.05) is 46.6 Å². The van der Waals surface area contributed by atoms with Crippen LogP contribution in [0.5, 0.6) is 0 Å². The summed E-state index contributed by atoms with van der Waals surface area (Å²) in [6.45, 7) is 6.36. The molecule has 7 heteroatoms. The molecule has 0 bridgehead atoms. The molecule has 0 amide bonds. The van der Waals surface area contributed by atoms with Crippen molar-refractivity contribution in [3.05, 3.63) is 33.3 Å². The third-order valence-corrected chi connectivity index (χ3v) is 4.20. The van der Waals surface area contributed by atoms with Crippen LogP contribution in [0, 0.1) is 0 Å². The van der Waals surface area contributed by atoms with Gasteiger partial charge in [-0.1, -0.05) is 27.5 Å². The van der Waals surface area contributed by atoms with E-state index in [0.29, 0.717) is 19.8 Å². The summed E-state index contributed by atoms with van der Waals surface area (Å²) in [4.78, 5) is 4.55. The minimum Gasteiger partial charge on any atom is -0.382 e. The molecule has 0 atom stereocenters. The molecule has 5 nitrogen and oxygen atoms in total. The molecule has 0 heterocycles. The molecular formula is C17H27BrClN3O2. The monoisotopic (exact) mass is 419 g/mol. The lowest BCUT2D eigenvalue weighted by Gasteiger charge is -2.12. The van der Waals surface area contributed by atoms with Crippen molar-refractivity contribution in [2.45, 2.75) is 19.8 Å². The van der Waals surface area contributed by atoms with Crippen molar-refractivity contribution in [3.8, 4) is 0 Å². The molecule has 0 saturated heterocycles. The fourth-order valence-corrected chi connectivity index (χ4v) is 2.63. The molecule has 24 heavy (non-hydrogen) atoms. The Bertz CT molecular complexity index is 501. The highest BCUT2D eigenvalue weighted by atomic mass is 79.9. The Hall–Kier alpha value is -0.820. The largest absolute Gasteiger partial charge is 0.382 e. The van der Waals surface area contributed by atoms with Crippen LogP contribution in [0.15, 0.2) is 27.7 Å². The first-order valence-electron chi connectivity index (χ1n) is 8.20. The average Bonchev–Trinajstić information content (AvgIpc) is 2.57. The molecule has 136 valence electrons. The third kappa shape index (κ3) is 9.47. The molecule has 1 aromatic carbocycles. The number of hydrogen-bond acceptors (Lipinski definition) is 3. The van der Waals surface area contributed by atoms with Crippen LogP contribution in [-0.4, -0.2) is 52.5 Å². The minimum atomic E-state index is 0.631. The fraction of sp³-hybridized carbons (Fsp3) is 0.588. The summed E-state index contributed by atoms with van der Waals surface area (Å²) in [5.74, 6) is 0.826. The van der Waals surface area contributed by atoms with Gasteiger partial charge in [0.25, 0.3) is 0 Å². The first kappa shape index (κ1) is 21.2. The second kappa shape index (κ2) is 13.5. The zero-order chi connectivity index (χ0) is 17.6. The second-order valence-corrected chi connectivity index (χ2v) is 6.42. The Morgan fingerprint density at radius 3 is 2.83 bits per heavy atom. The summed E-state index contributed by atoms with van der Waals surface area (Å²) in [5.41, 5.74) is 1.18. The fourth-order valence-electron chi connectivity index (χ4n) is 1.99. The Balaban J connectivity index is 2.31. The molecule has 0 aliphatic rings. The highest BCUT2D eigenvalue weighted by molar-refractivity contribution is 9.10. The van der Waals surface area contributed by atoms with E-state index in [1.165, 1.54) is 5.56 Å². The van der Waals surface area contributed by atoms with E-state index in [1.54, 1.807) is 7.11 Å². The number of halogens is 2. The molecule has 1 aromatic rings. The van der Waals surface area contributed by atoms with Crippen molar-refractivity contribution in [1.29, 1.82) is 0 Å².